The van der Waals surface area contributed by atoms with Gasteiger partial charge >= 0.3 is 5.97 Å². The van der Waals surface area contributed by atoms with Gasteiger partial charge in [0.1, 0.15) is 27.5 Å². The minimum absolute atomic E-state index is 0.0792. The standard InChI is InChI=1S/C48H49NO6Si/c1-5-6-12-33-39(55-56)41-40(34-23-13-7-14-24-34)44(49(51)52)43(47(2,3)4)45(42(41)46(50)53-38-31-21-11-22-32-38)54-48(35-25-15-8-16-26-35,36-27-17-9-18-28-36)37-29-19-10-20-30-37/h7-11,13-32,39H,5-6,12,33H2,1-4,56H3. The first-order valence-electron chi connectivity index (χ1n) is 19.2. The maximum atomic E-state index is 15.3. The van der Waals surface area contributed by atoms with Crippen LogP contribution in [-0.4, -0.2) is 21.4 Å². The first-order chi connectivity index (χ1) is 27.1. The highest BCUT2D eigenvalue weighted by molar-refractivity contribution is 6.02. The third-order valence-corrected chi connectivity index (χ3v) is 10.7. The van der Waals surface area contributed by atoms with Gasteiger partial charge in [-0.2, -0.15) is 0 Å². The molecule has 0 aliphatic heterocycles. The van der Waals surface area contributed by atoms with Gasteiger partial charge in [-0.1, -0.05) is 186 Å². The fourth-order valence-corrected chi connectivity index (χ4v) is 8.06. The summed E-state index contributed by atoms with van der Waals surface area (Å²) in [6, 6.07) is 47.6. The Labute approximate surface area is 333 Å². The van der Waals surface area contributed by atoms with E-state index >= 15 is 4.79 Å². The largest absolute Gasteiger partial charge is 0.472 e. The average Bonchev–Trinajstić information content (AvgIpc) is 3.22. The van der Waals surface area contributed by atoms with Gasteiger partial charge in [0.2, 0.25) is 0 Å². The lowest BCUT2D eigenvalue weighted by Crippen LogP contribution is -2.38. The van der Waals surface area contributed by atoms with Crippen molar-refractivity contribution in [1.29, 1.82) is 0 Å². The lowest BCUT2D eigenvalue weighted by Gasteiger charge is -2.39. The van der Waals surface area contributed by atoms with Gasteiger partial charge in [-0.25, -0.2) is 4.79 Å². The van der Waals surface area contributed by atoms with Crippen molar-refractivity contribution in [3.63, 3.8) is 0 Å². The van der Waals surface area contributed by atoms with E-state index < -0.39 is 23.1 Å². The second-order valence-electron chi connectivity index (χ2n) is 14.9. The van der Waals surface area contributed by atoms with E-state index in [0.717, 1.165) is 36.0 Å². The Hall–Kier alpha value is -5.83. The first-order valence-corrected chi connectivity index (χ1v) is 20.0. The molecule has 0 heterocycles. The van der Waals surface area contributed by atoms with Crippen LogP contribution in [0.5, 0.6) is 11.5 Å². The van der Waals surface area contributed by atoms with Crippen molar-refractivity contribution < 1.29 is 23.6 Å². The Kier molecular flexibility index (Phi) is 12.6. The van der Waals surface area contributed by atoms with Gasteiger partial charge in [0.15, 0.2) is 5.60 Å². The number of unbranched alkanes of at least 4 members (excludes halogenated alkanes) is 2. The second kappa shape index (κ2) is 17.7. The van der Waals surface area contributed by atoms with Gasteiger partial charge < -0.3 is 13.9 Å². The highest BCUT2D eigenvalue weighted by Crippen LogP contribution is 2.54. The molecule has 8 heteroatoms. The first kappa shape index (κ1) is 39.8. The molecule has 0 bridgehead atoms. The molecule has 6 rings (SSSR count). The molecular formula is C48H49NO6Si. The predicted octanol–water partition coefficient (Wildman–Crippen LogP) is 11.1. The van der Waals surface area contributed by atoms with Crippen LogP contribution in [0, 0.1) is 10.1 Å². The van der Waals surface area contributed by atoms with Gasteiger partial charge in [0, 0.05) is 22.3 Å². The average molecular weight is 764 g/mol. The van der Waals surface area contributed by atoms with E-state index in [1.54, 1.807) is 24.3 Å². The summed E-state index contributed by atoms with van der Waals surface area (Å²) < 4.78 is 20.4. The third kappa shape index (κ3) is 8.22. The molecule has 0 aliphatic rings. The number of carbonyl (C=O) groups excluding carboxylic acids is 1. The predicted molar refractivity (Wildman–Crippen MR) is 226 cm³/mol. The number of hydrogen-bond acceptors (Lipinski definition) is 6. The van der Waals surface area contributed by atoms with Gasteiger partial charge in [-0.05, 0) is 29.5 Å². The van der Waals surface area contributed by atoms with Gasteiger partial charge in [0.05, 0.1) is 22.2 Å². The molecule has 56 heavy (non-hydrogen) atoms. The quantitative estimate of drug-likeness (QED) is 0.0197. The lowest BCUT2D eigenvalue weighted by atomic mass is 9.76. The van der Waals surface area contributed by atoms with Crippen LogP contribution < -0.4 is 9.47 Å². The van der Waals surface area contributed by atoms with Gasteiger partial charge in [0.25, 0.3) is 5.69 Å². The summed E-state index contributed by atoms with van der Waals surface area (Å²) in [4.78, 5) is 28.9. The zero-order chi connectivity index (χ0) is 39.7. The number of ether oxygens (including phenoxy) is 2. The number of nitro benzene ring substituents is 1. The van der Waals surface area contributed by atoms with Crippen molar-refractivity contribution in [3.05, 3.63) is 195 Å². The van der Waals surface area contributed by atoms with Crippen LogP contribution in [-0.2, 0) is 15.4 Å². The smallest absolute Gasteiger partial charge is 0.347 e. The number of benzene rings is 6. The normalized spacial score (nSPS) is 12.2. The van der Waals surface area contributed by atoms with Crippen molar-refractivity contribution in [1.82, 2.24) is 0 Å². The number of hydrogen-bond donors (Lipinski definition) is 0. The molecule has 7 nitrogen and oxygen atoms in total. The Bertz CT molecular complexity index is 2130. The number of para-hydroxylation sites is 1. The fourth-order valence-electron chi connectivity index (χ4n) is 7.59. The van der Waals surface area contributed by atoms with Crippen LogP contribution in [0.2, 0.25) is 0 Å². The van der Waals surface area contributed by atoms with E-state index in [1.807, 2.05) is 148 Å². The molecule has 0 aliphatic carbocycles. The molecule has 0 N–H and O–H groups in total. The summed E-state index contributed by atoms with van der Waals surface area (Å²) in [6.45, 7) is 7.88. The summed E-state index contributed by atoms with van der Waals surface area (Å²) in [5.41, 5.74) is 1.58. The molecule has 1 atom stereocenters. The number of nitrogens with zero attached hydrogens (tertiary/aromatic N) is 1. The Morgan fingerprint density at radius 2 is 1.18 bits per heavy atom. The molecule has 0 aromatic heterocycles. The zero-order valence-electron chi connectivity index (χ0n) is 32.7. The Balaban J connectivity index is 1.86. The minimum Gasteiger partial charge on any atom is -0.472 e. The maximum absolute atomic E-state index is 15.3. The highest BCUT2D eigenvalue weighted by atomic mass is 28.2. The van der Waals surface area contributed by atoms with E-state index in [-0.39, 0.29) is 27.5 Å². The van der Waals surface area contributed by atoms with Crippen LogP contribution in [0.1, 0.15) is 97.7 Å². The summed E-state index contributed by atoms with van der Waals surface area (Å²) in [7, 11) is 0.308. The topological polar surface area (TPSA) is 87.9 Å². The second-order valence-corrected chi connectivity index (χ2v) is 15.4. The van der Waals surface area contributed by atoms with Gasteiger partial charge in [-0.3, -0.25) is 10.1 Å². The van der Waals surface area contributed by atoms with Crippen LogP contribution in [0.4, 0.5) is 5.69 Å². The molecule has 0 spiro atoms. The molecule has 1 unspecified atom stereocenters. The monoisotopic (exact) mass is 763 g/mol. The molecule has 6 aromatic rings. The Morgan fingerprint density at radius 3 is 1.61 bits per heavy atom. The number of nitro groups is 1. The fraction of sp³-hybridized carbons (Fsp3) is 0.229. The Morgan fingerprint density at radius 1 is 0.714 bits per heavy atom. The van der Waals surface area contributed by atoms with Crippen molar-refractivity contribution >= 4 is 22.1 Å². The molecular weight excluding hydrogens is 715 g/mol. The van der Waals surface area contributed by atoms with Crippen molar-refractivity contribution in [3.8, 4) is 22.6 Å². The minimum atomic E-state index is -1.38. The summed E-state index contributed by atoms with van der Waals surface area (Å²) in [5.74, 6) is -0.280. The van der Waals surface area contributed by atoms with E-state index in [2.05, 4.69) is 6.92 Å². The summed E-state index contributed by atoms with van der Waals surface area (Å²) in [6.07, 6.45) is 2.55. The summed E-state index contributed by atoms with van der Waals surface area (Å²) in [5, 5.41) is 13.9. The van der Waals surface area contributed by atoms with Crippen LogP contribution in [0.3, 0.4) is 0 Å². The van der Waals surface area contributed by atoms with Crippen LogP contribution >= 0.6 is 0 Å². The lowest BCUT2D eigenvalue weighted by molar-refractivity contribution is -0.385. The molecule has 0 amide bonds. The molecule has 6 aromatic carbocycles. The van der Waals surface area contributed by atoms with Crippen molar-refractivity contribution in [2.75, 3.05) is 0 Å². The van der Waals surface area contributed by atoms with E-state index in [4.69, 9.17) is 13.9 Å². The summed E-state index contributed by atoms with van der Waals surface area (Å²) >= 11 is 0. The van der Waals surface area contributed by atoms with E-state index in [0.29, 0.717) is 39.3 Å². The van der Waals surface area contributed by atoms with Gasteiger partial charge in [-0.15, -0.1) is 0 Å². The molecule has 0 fully saturated rings. The SMILES string of the molecule is CCCCCC(O[SiH3])c1c(C(=O)Oc2ccccc2)c(OC(c2ccccc2)(c2ccccc2)c2ccccc2)c(C(C)(C)C)c([N+](=O)[O-])c1-c1ccccc1. The van der Waals surface area contributed by atoms with Crippen molar-refractivity contribution in [2.45, 2.75) is 70.5 Å². The molecule has 0 radical (unpaired) electrons. The molecule has 0 saturated heterocycles. The molecule has 0 saturated carbocycles. The zero-order valence-corrected chi connectivity index (χ0v) is 34.7. The van der Waals surface area contributed by atoms with Crippen molar-refractivity contribution in [2.24, 2.45) is 0 Å². The van der Waals surface area contributed by atoms with Crippen LogP contribution in [0.25, 0.3) is 11.1 Å². The third-order valence-electron chi connectivity index (χ3n) is 10.1. The van der Waals surface area contributed by atoms with Crippen LogP contribution in [0.15, 0.2) is 152 Å². The van der Waals surface area contributed by atoms with E-state index in [1.165, 1.54) is 0 Å². The number of carbonyl (C=O) groups is 1. The molecule has 286 valence electrons. The highest BCUT2D eigenvalue weighted by Gasteiger charge is 2.47. The maximum Gasteiger partial charge on any atom is 0.347 e. The number of rotatable bonds is 15. The van der Waals surface area contributed by atoms with E-state index in [9.17, 15) is 10.1 Å². The number of esters is 1.